The summed E-state index contributed by atoms with van der Waals surface area (Å²) in [5.41, 5.74) is 0. The molecule has 0 N–H and O–H groups in total. The molecule has 0 saturated carbocycles. The van der Waals surface area contributed by atoms with Crippen LogP contribution < -0.4 is 0 Å². The summed E-state index contributed by atoms with van der Waals surface area (Å²) in [5, 5.41) is 0. The highest BCUT2D eigenvalue weighted by atomic mass is 16.5. The molecule has 0 spiro atoms. The van der Waals surface area contributed by atoms with Crippen LogP contribution >= 0.6 is 0 Å². The number of nitrogens with zero attached hydrogens (tertiary/aromatic N) is 1. The summed E-state index contributed by atoms with van der Waals surface area (Å²) in [7, 11) is 2.37. The molecule has 1 rings (SSSR count). The molecule has 0 amide bonds. The minimum atomic E-state index is 0.385. The summed E-state index contributed by atoms with van der Waals surface area (Å²) in [6.45, 7) is 11.5. The third-order valence-electron chi connectivity index (χ3n) is 3.64. The number of rotatable bonds is 3. The molecule has 1 fully saturated rings. The Kier molecular flexibility index (Phi) is 3.96. The summed E-state index contributed by atoms with van der Waals surface area (Å²) in [4.78, 5) is 0. The van der Waals surface area contributed by atoms with Crippen LogP contribution in [0.3, 0.4) is 0 Å². The van der Waals surface area contributed by atoms with E-state index in [0.29, 0.717) is 12.2 Å². The molecule has 0 radical (unpaired) electrons. The van der Waals surface area contributed by atoms with Crippen LogP contribution in [0.1, 0.15) is 40.5 Å². The van der Waals surface area contributed by atoms with Gasteiger partial charge in [-0.2, -0.15) is 0 Å². The Hall–Kier alpha value is -0.0800. The van der Waals surface area contributed by atoms with Crippen molar-refractivity contribution < 1.29 is 9.22 Å². The molecule has 1 aliphatic heterocycles. The van der Waals surface area contributed by atoms with Crippen molar-refractivity contribution in [1.29, 1.82) is 0 Å². The standard InChI is InChI=1S/C12H26NO/c1-10(2)13(5)8-6-12(7-9-13)14-11(3)4/h10-12H,6-9H2,1-5H3/q+1. The van der Waals surface area contributed by atoms with Crippen molar-refractivity contribution in [1.82, 2.24) is 0 Å². The van der Waals surface area contributed by atoms with Crippen LogP contribution in [0.4, 0.5) is 0 Å². The van der Waals surface area contributed by atoms with Crippen LogP contribution in [0.5, 0.6) is 0 Å². The largest absolute Gasteiger partial charge is 0.375 e. The van der Waals surface area contributed by atoms with Gasteiger partial charge in [0.05, 0.1) is 38.4 Å². The third-order valence-corrected chi connectivity index (χ3v) is 3.64. The topological polar surface area (TPSA) is 9.23 Å². The third kappa shape index (κ3) is 2.96. The molecule has 0 bridgehead atoms. The van der Waals surface area contributed by atoms with Crippen molar-refractivity contribution in [3.8, 4) is 0 Å². The molecule has 2 heteroatoms. The van der Waals surface area contributed by atoms with Crippen molar-refractivity contribution in [2.75, 3.05) is 20.1 Å². The first kappa shape index (κ1) is 12.0. The van der Waals surface area contributed by atoms with Gasteiger partial charge in [-0.3, -0.25) is 0 Å². The molecule has 1 saturated heterocycles. The zero-order chi connectivity index (χ0) is 10.8. The molecule has 2 nitrogen and oxygen atoms in total. The van der Waals surface area contributed by atoms with E-state index in [1.165, 1.54) is 30.4 Å². The van der Waals surface area contributed by atoms with E-state index in [4.69, 9.17) is 4.74 Å². The fraction of sp³-hybridized carbons (Fsp3) is 1.00. The van der Waals surface area contributed by atoms with E-state index in [9.17, 15) is 0 Å². The fourth-order valence-corrected chi connectivity index (χ4v) is 2.17. The average molecular weight is 200 g/mol. The molecule has 0 atom stereocenters. The van der Waals surface area contributed by atoms with Gasteiger partial charge in [-0.15, -0.1) is 0 Å². The normalized spacial score (nSPS) is 34.1. The van der Waals surface area contributed by atoms with Gasteiger partial charge in [0.15, 0.2) is 0 Å². The molecule has 14 heavy (non-hydrogen) atoms. The monoisotopic (exact) mass is 200 g/mol. The lowest BCUT2D eigenvalue weighted by Gasteiger charge is -2.43. The zero-order valence-corrected chi connectivity index (χ0v) is 10.4. The van der Waals surface area contributed by atoms with Gasteiger partial charge in [-0.25, -0.2) is 0 Å². The average Bonchev–Trinajstić information content (AvgIpc) is 2.08. The summed E-state index contributed by atoms with van der Waals surface area (Å²) >= 11 is 0. The highest BCUT2D eigenvalue weighted by Gasteiger charge is 2.32. The van der Waals surface area contributed by atoms with Crippen molar-refractivity contribution in [2.24, 2.45) is 0 Å². The summed E-state index contributed by atoms with van der Waals surface area (Å²) in [6.07, 6.45) is 3.36. The Balaban J connectivity index is 2.38. The molecular formula is C12H26NO+. The van der Waals surface area contributed by atoms with E-state index < -0.39 is 0 Å². The van der Waals surface area contributed by atoms with Gasteiger partial charge in [0, 0.05) is 12.8 Å². The van der Waals surface area contributed by atoms with Crippen LogP contribution in [-0.4, -0.2) is 42.9 Å². The molecule has 0 unspecified atom stereocenters. The highest BCUT2D eigenvalue weighted by Crippen LogP contribution is 2.22. The smallest absolute Gasteiger partial charge is 0.0831 e. The molecule has 0 aromatic rings. The Morgan fingerprint density at radius 1 is 1.07 bits per heavy atom. The summed E-state index contributed by atoms with van der Waals surface area (Å²) in [5.74, 6) is 0. The van der Waals surface area contributed by atoms with Gasteiger partial charge in [0.1, 0.15) is 0 Å². The second kappa shape index (κ2) is 4.63. The Morgan fingerprint density at radius 2 is 1.57 bits per heavy atom. The van der Waals surface area contributed by atoms with E-state index in [0.717, 1.165) is 6.04 Å². The van der Waals surface area contributed by atoms with E-state index in [1.54, 1.807) is 0 Å². The highest BCUT2D eigenvalue weighted by molar-refractivity contribution is 4.66. The Labute approximate surface area is 88.8 Å². The number of hydrogen-bond acceptors (Lipinski definition) is 1. The first-order chi connectivity index (χ1) is 6.44. The molecule has 1 heterocycles. The lowest BCUT2D eigenvalue weighted by atomic mass is 10.0. The van der Waals surface area contributed by atoms with Gasteiger partial charge in [0.2, 0.25) is 0 Å². The van der Waals surface area contributed by atoms with Gasteiger partial charge in [-0.05, 0) is 27.7 Å². The lowest BCUT2D eigenvalue weighted by molar-refractivity contribution is -0.935. The maximum atomic E-state index is 5.85. The van der Waals surface area contributed by atoms with Gasteiger partial charge in [-0.1, -0.05) is 0 Å². The first-order valence-corrected chi connectivity index (χ1v) is 5.94. The van der Waals surface area contributed by atoms with Crippen molar-refractivity contribution in [2.45, 2.75) is 58.8 Å². The number of quaternary nitrogens is 1. The number of ether oxygens (including phenoxy) is 1. The number of piperidine rings is 1. The van der Waals surface area contributed by atoms with Gasteiger partial charge >= 0.3 is 0 Å². The van der Waals surface area contributed by atoms with Crippen LogP contribution in [0.15, 0.2) is 0 Å². The maximum absolute atomic E-state index is 5.85. The molecule has 84 valence electrons. The van der Waals surface area contributed by atoms with Crippen LogP contribution in [0.25, 0.3) is 0 Å². The SMILES string of the molecule is CC(C)OC1CC[N+](C)(C(C)C)CC1. The van der Waals surface area contributed by atoms with Crippen LogP contribution in [-0.2, 0) is 4.74 Å². The molecule has 0 aliphatic carbocycles. The number of likely N-dealkylation sites (tertiary alicyclic amines) is 1. The Morgan fingerprint density at radius 3 is 1.93 bits per heavy atom. The first-order valence-electron chi connectivity index (χ1n) is 5.94. The number of hydrogen-bond donors (Lipinski definition) is 0. The van der Waals surface area contributed by atoms with E-state index in [-0.39, 0.29) is 0 Å². The van der Waals surface area contributed by atoms with Crippen molar-refractivity contribution in [3.05, 3.63) is 0 Å². The molecular weight excluding hydrogens is 174 g/mol. The fourth-order valence-electron chi connectivity index (χ4n) is 2.17. The van der Waals surface area contributed by atoms with E-state index in [2.05, 4.69) is 34.7 Å². The minimum Gasteiger partial charge on any atom is -0.375 e. The molecule has 1 aliphatic rings. The van der Waals surface area contributed by atoms with E-state index >= 15 is 0 Å². The quantitative estimate of drug-likeness (QED) is 0.636. The summed E-state index contributed by atoms with van der Waals surface area (Å²) in [6, 6.07) is 0.745. The van der Waals surface area contributed by atoms with Gasteiger partial charge < -0.3 is 9.22 Å². The van der Waals surface area contributed by atoms with Crippen molar-refractivity contribution >= 4 is 0 Å². The maximum Gasteiger partial charge on any atom is 0.0831 e. The zero-order valence-electron chi connectivity index (χ0n) is 10.4. The molecule has 0 aromatic heterocycles. The van der Waals surface area contributed by atoms with Gasteiger partial charge in [0.25, 0.3) is 0 Å². The lowest BCUT2D eigenvalue weighted by Crippen LogP contribution is -2.55. The predicted octanol–water partition coefficient (Wildman–Crippen LogP) is 2.43. The van der Waals surface area contributed by atoms with Crippen molar-refractivity contribution in [3.63, 3.8) is 0 Å². The summed E-state index contributed by atoms with van der Waals surface area (Å²) < 4.78 is 7.07. The minimum absolute atomic E-state index is 0.385. The van der Waals surface area contributed by atoms with Crippen LogP contribution in [0, 0.1) is 0 Å². The van der Waals surface area contributed by atoms with E-state index in [1.807, 2.05) is 0 Å². The van der Waals surface area contributed by atoms with Crippen LogP contribution in [0.2, 0.25) is 0 Å². The second-order valence-electron chi connectivity index (χ2n) is 5.40. The Bertz CT molecular complexity index is 169. The second-order valence-corrected chi connectivity index (χ2v) is 5.40. The molecule has 0 aromatic carbocycles. The predicted molar refractivity (Wildman–Crippen MR) is 60.3 cm³/mol.